The van der Waals surface area contributed by atoms with Crippen LogP contribution in [0.15, 0.2) is 24.3 Å². The zero-order valence-corrected chi connectivity index (χ0v) is 11.6. The normalized spacial score (nSPS) is 11.4. The van der Waals surface area contributed by atoms with E-state index in [0.29, 0.717) is 17.1 Å². The molecule has 0 fully saturated rings. The Morgan fingerprint density at radius 2 is 1.90 bits per heavy atom. The molecule has 0 atom stereocenters. The molecule has 0 aliphatic carbocycles. The number of halogens is 4. The van der Waals surface area contributed by atoms with Gasteiger partial charge in [-0.05, 0) is 24.3 Å². The molecule has 0 unspecified atom stereocenters. The van der Waals surface area contributed by atoms with Gasteiger partial charge in [-0.15, -0.1) is 0 Å². The van der Waals surface area contributed by atoms with Crippen LogP contribution in [-0.4, -0.2) is 17.9 Å². The van der Waals surface area contributed by atoms with E-state index in [1.165, 1.54) is 31.4 Å². The van der Waals surface area contributed by atoms with Crippen molar-refractivity contribution in [2.75, 3.05) is 7.11 Å². The van der Waals surface area contributed by atoms with E-state index in [2.05, 4.69) is 4.98 Å². The zero-order valence-electron chi connectivity index (χ0n) is 9.99. The summed E-state index contributed by atoms with van der Waals surface area (Å²) in [7, 11) is 1.45. The van der Waals surface area contributed by atoms with Crippen LogP contribution >= 0.6 is 22.9 Å². The van der Waals surface area contributed by atoms with Crippen LogP contribution in [0.2, 0.25) is 4.47 Å². The van der Waals surface area contributed by atoms with Crippen molar-refractivity contribution in [2.45, 2.75) is 6.18 Å². The molecule has 0 amide bonds. The van der Waals surface area contributed by atoms with E-state index in [1.54, 1.807) is 0 Å². The van der Waals surface area contributed by atoms with Crippen molar-refractivity contribution in [3.05, 3.63) is 44.9 Å². The standard InChI is InChI=1S/C12H7ClF3NO2S/c1-19-7-4-2-6(3-5-7)8(18)9-10(12(14,15)16)17-11(13)20-9/h2-5H,1H3. The van der Waals surface area contributed by atoms with Crippen molar-refractivity contribution < 1.29 is 22.7 Å². The van der Waals surface area contributed by atoms with Gasteiger partial charge in [0, 0.05) is 5.56 Å². The van der Waals surface area contributed by atoms with E-state index in [9.17, 15) is 18.0 Å². The monoisotopic (exact) mass is 321 g/mol. The second kappa shape index (κ2) is 5.41. The summed E-state index contributed by atoms with van der Waals surface area (Å²) in [4.78, 5) is 14.8. The minimum atomic E-state index is -4.72. The summed E-state index contributed by atoms with van der Waals surface area (Å²) in [6.07, 6.45) is -4.72. The highest BCUT2D eigenvalue weighted by Crippen LogP contribution is 2.37. The van der Waals surface area contributed by atoms with E-state index < -0.39 is 22.5 Å². The minimum Gasteiger partial charge on any atom is -0.497 e. The Kier molecular flexibility index (Phi) is 4.01. The number of nitrogens with zero attached hydrogens (tertiary/aromatic N) is 1. The molecule has 0 N–H and O–H groups in total. The van der Waals surface area contributed by atoms with Gasteiger partial charge >= 0.3 is 6.18 Å². The molecule has 0 saturated carbocycles. The average Bonchev–Trinajstić information content (AvgIpc) is 2.80. The van der Waals surface area contributed by atoms with Crippen LogP contribution in [0, 0.1) is 0 Å². The van der Waals surface area contributed by atoms with Gasteiger partial charge in [0.05, 0.1) is 7.11 Å². The van der Waals surface area contributed by atoms with E-state index in [0.717, 1.165) is 0 Å². The molecule has 8 heteroatoms. The molecule has 2 rings (SSSR count). The maximum absolute atomic E-state index is 12.8. The van der Waals surface area contributed by atoms with Gasteiger partial charge in [-0.1, -0.05) is 22.9 Å². The van der Waals surface area contributed by atoms with Crippen LogP contribution in [-0.2, 0) is 6.18 Å². The summed E-state index contributed by atoms with van der Waals surface area (Å²) < 4.78 is 42.9. The number of aromatic nitrogens is 1. The van der Waals surface area contributed by atoms with Gasteiger partial charge in [0.2, 0.25) is 5.78 Å². The number of hydrogen-bond donors (Lipinski definition) is 0. The topological polar surface area (TPSA) is 39.2 Å². The first-order valence-corrected chi connectivity index (χ1v) is 6.44. The molecule has 0 aliphatic rings. The Bertz CT molecular complexity index is 637. The van der Waals surface area contributed by atoms with Crippen molar-refractivity contribution in [2.24, 2.45) is 0 Å². The Labute approximate surface area is 121 Å². The summed E-state index contributed by atoms with van der Waals surface area (Å²) in [6.45, 7) is 0. The molecule has 3 nitrogen and oxygen atoms in total. The number of carbonyl (C=O) groups is 1. The third-order valence-electron chi connectivity index (χ3n) is 2.43. The number of carbonyl (C=O) groups excluding carboxylic acids is 1. The van der Waals surface area contributed by atoms with Crippen molar-refractivity contribution in [3.8, 4) is 5.75 Å². The molecule has 2 aromatic rings. The summed E-state index contributed by atoms with van der Waals surface area (Å²) >= 11 is 5.99. The second-order valence-electron chi connectivity index (χ2n) is 3.70. The van der Waals surface area contributed by atoms with Gasteiger partial charge in [-0.2, -0.15) is 13.2 Å². The Morgan fingerprint density at radius 3 is 2.40 bits per heavy atom. The Hall–Kier alpha value is -1.60. The maximum Gasteiger partial charge on any atom is 0.434 e. The number of rotatable bonds is 3. The van der Waals surface area contributed by atoms with E-state index in [1.807, 2.05) is 0 Å². The molecule has 0 saturated heterocycles. The molecule has 1 aromatic heterocycles. The van der Waals surface area contributed by atoms with E-state index >= 15 is 0 Å². The van der Waals surface area contributed by atoms with Crippen LogP contribution in [0.5, 0.6) is 5.75 Å². The lowest BCUT2D eigenvalue weighted by molar-refractivity contribution is -0.141. The summed E-state index contributed by atoms with van der Waals surface area (Å²) in [5.41, 5.74) is -1.15. The SMILES string of the molecule is COc1ccc(C(=O)c2sc(Cl)nc2C(F)(F)F)cc1. The fourth-order valence-electron chi connectivity index (χ4n) is 1.51. The molecule has 1 heterocycles. The van der Waals surface area contributed by atoms with Gasteiger partial charge in [0.15, 0.2) is 10.2 Å². The predicted octanol–water partition coefficient (Wildman–Crippen LogP) is 4.05. The minimum absolute atomic E-state index is 0.108. The second-order valence-corrected chi connectivity index (χ2v) is 5.28. The number of ketones is 1. The number of thiazole rings is 1. The number of methoxy groups -OCH3 is 1. The number of ether oxygens (including phenoxy) is 1. The molecular formula is C12H7ClF3NO2S. The smallest absolute Gasteiger partial charge is 0.434 e. The Balaban J connectivity index is 2.42. The summed E-state index contributed by atoms with van der Waals surface area (Å²) in [5, 5.41) is 0. The van der Waals surface area contributed by atoms with Gasteiger partial charge in [-0.25, -0.2) is 4.98 Å². The largest absolute Gasteiger partial charge is 0.497 e. The number of benzene rings is 1. The van der Waals surface area contributed by atoms with E-state index in [-0.39, 0.29) is 10.0 Å². The average molecular weight is 322 g/mol. The maximum atomic E-state index is 12.8. The lowest BCUT2D eigenvalue weighted by Gasteiger charge is -2.06. The molecule has 0 radical (unpaired) electrons. The van der Waals surface area contributed by atoms with Crippen LogP contribution in [0.3, 0.4) is 0 Å². The van der Waals surface area contributed by atoms with Crippen molar-refractivity contribution in [1.82, 2.24) is 4.98 Å². The van der Waals surface area contributed by atoms with Gasteiger partial charge in [0.1, 0.15) is 10.6 Å². The van der Waals surface area contributed by atoms with Crippen molar-refractivity contribution in [3.63, 3.8) is 0 Å². The molecular weight excluding hydrogens is 315 g/mol. The van der Waals surface area contributed by atoms with Gasteiger partial charge in [-0.3, -0.25) is 4.79 Å². The van der Waals surface area contributed by atoms with Gasteiger partial charge in [0.25, 0.3) is 0 Å². The molecule has 20 heavy (non-hydrogen) atoms. The highest BCUT2D eigenvalue weighted by atomic mass is 35.5. The fourth-order valence-corrected chi connectivity index (χ4v) is 2.60. The highest BCUT2D eigenvalue weighted by Gasteiger charge is 2.39. The molecule has 0 aliphatic heterocycles. The highest BCUT2D eigenvalue weighted by molar-refractivity contribution is 7.17. The third-order valence-corrected chi connectivity index (χ3v) is 3.59. The molecule has 106 valence electrons. The van der Waals surface area contributed by atoms with Crippen LogP contribution < -0.4 is 4.74 Å². The summed E-state index contributed by atoms with van der Waals surface area (Å²) in [5.74, 6) is -0.274. The van der Waals surface area contributed by atoms with E-state index in [4.69, 9.17) is 16.3 Å². The lowest BCUT2D eigenvalue weighted by Crippen LogP contribution is -2.12. The number of alkyl halides is 3. The lowest BCUT2D eigenvalue weighted by atomic mass is 10.1. The predicted molar refractivity (Wildman–Crippen MR) is 68.6 cm³/mol. The van der Waals surface area contributed by atoms with Crippen molar-refractivity contribution >= 4 is 28.7 Å². The fraction of sp³-hybridized carbons (Fsp3) is 0.167. The zero-order chi connectivity index (χ0) is 14.9. The molecule has 0 bridgehead atoms. The third kappa shape index (κ3) is 2.94. The van der Waals surface area contributed by atoms with Crippen LogP contribution in [0.4, 0.5) is 13.2 Å². The molecule has 0 spiro atoms. The van der Waals surface area contributed by atoms with Crippen molar-refractivity contribution in [1.29, 1.82) is 0 Å². The Morgan fingerprint density at radius 1 is 1.30 bits per heavy atom. The van der Waals surface area contributed by atoms with Crippen LogP contribution in [0.1, 0.15) is 20.9 Å². The number of hydrogen-bond acceptors (Lipinski definition) is 4. The van der Waals surface area contributed by atoms with Crippen LogP contribution in [0.25, 0.3) is 0 Å². The van der Waals surface area contributed by atoms with Gasteiger partial charge < -0.3 is 4.74 Å². The quantitative estimate of drug-likeness (QED) is 0.800. The first kappa shape index (κ1) is 14.8. The first-order chi connectivity index (χ1) is 9.32. The summed E-state index contributed by atoms with van der Waals surface area (Å²) in [6, 6.07) is 5.75. The first-order valence-electron chi connectivity index (χ1n) is 5.25. The molecule has 1 aromatic carbocycles.